The first-order valence-corrected chi connectivity index (χ1v) is 7.61. The average molecular weight is 307 g/mol. The first-order chi connectivity index (χ1) is 10.1. The van der Waals surface area contributed by atoms with E-state index in [2.05, 4.69) is 11.4 Å². The van der Waals surface area contributed by atoms with Crippen LogP contribution < -0.4 is 14.8 Å². The zero-order valence-electron chi connectivity index (χ0n) is 12.6. The SMILES string of the molecule is COc1ccc(C(C)(CO)NCc2cccs2)c(OC)c1. The van der Waals surface area contributed by atoms with Crippen molar-refractivity contribution in [2.45, 2.75) is 19.0 Å². The van der Waals surface area contributed by atoms with E-state index < -0.39 is 5.54 Å². The Labute approximate surface area is 129 Å². The van der Waals surface area contributed by atoms with E-state index in [4.69, 9.17) is 9.47 Å². The maximum atomic E-state index is 9.87. The molecule has 0 spiro atoms. The fourth-order valence-electron chi connectivity index (χ4n) is 2.19. The summed E-state index contributed by atoms with van der Waals surface area (Å²) in [6, 6.07) is 9.72. The summed E-state index contributed by atoms with van der Waals surface area (Å²) in [5, 5.41) is 15.3. The number of benzene rings is 1. The molecule has 0 saturated carbocycles. The van der Waals surface area contributed by atoms with Crippen molar-refractivity contribution in [2.24, 2.45) is 0 Å². The van der Waals surface area contributed by atoms with Gasteiger partial charge >= 0.3 is 0 Å². The summed E-state index contributed by atoms with van der Waals surface area (Å²) < 4.78 is 10.7. The maximum absolute atomic E-state index is 9.87. The summed E-state index contributed by atoms with van der Waals surface area (Å²) in [4.78, 5) is 1.22. The lowest BCUT2D eigenvalue weighted by atomic mass is 9.91. The predicted molar refractivity (Wildman–Crippen MR) is 85.1 cm³/mol. The lowest BCUT2D eigenvalue weighted by molar-refractivity contribution is 0.170. The van der Waals surface area contributed by atoms with Gasteiger partial charge in [-0.05, 0) is 30.5 Å². The first-order valence-electron chi connectivity index (χ1n) is 6.73. The van der Waals surface area contributed by atoms with Crippen molar-refractivity contribution in [1.29, 1.82) is 0 Å². The number of methoxy groups -OCH3 is 2. The van der Waals surface area contributed by atoms with E-state index in [0.717, 1.165) is 11.3 Å². The van der Waals surface area contributed by atoms with Crippen molar-refractivity contribution in [1.82, 2.24) is 5.32 Å². The van der Waals surface area contributed by atoms with Crippen LogP contribution in [0.3, 0.4) is 0 Å². The highest BCUT2D eigenvalue weighted by Gasteiger charge is 2.29. The highest BCUT2D eigenvalue weighted by molar-refractivity contribution is 7.09. The van der Waals surface area contributed by atoms with Gasteiger partial charge in [-0.1, -0.05) is 6.07 Å². The summed E-state index contributed by atoms with van der Waals surface area (Å²) in [6.45, 7) is 2.63. The quantitative estimate of drug-likeness (QED) is 0.826. The molecule has 1 heterocycles. The number of hydrogen-bond donors (Lipinski definition) is 2. The van der Waals surface area contributed by atoms with Gasteiger partial charge in [-0.15, -0.1) is 11.3 Å². The number of ether oxygens (including phenoxy) is 2. The summed E-state index contributed by atoms with van der Waals surface area (Å²) in [5.74, 6) is 1.43. The Morgan fingerprint density at radius 1 is 1.24 bits per heavy atom. The van der Waals surface area contributed by atoms with Crippen molar-refractivity contribution >= 4 is 11.3 Å². The third-order valence-corrected chi connectivity index (χ3v) is 4.43. The molecular weight excluding hydrogens is 286 g/mol. The smallest absolute Gasteiger partial charge is 0.127 e. The topological polar surface area (TPSA) is 50.7 Å². The van der Waals surface area contributed by atoms with Crippen LogP contribution in [-0.4, -0.2) is 25.9 Å². The minimum atomic E-state index is -0.582. The Bertz CT molecular complexity index is 571. The van der Waals surface area contributed by atoms with Crippen LogP contribution >= 0.6 is 11.3 Å². The molecule has 0 fully saturated rings. The molecule has 21 heavy (non-hydrogen) atoms. The van der Waals surface area contributed by atoms with E-state index in [1.54, 1.807) is 25.6 Å². The number of hydrogen-bond acceptors (Lipinski definition) is 5. The van der Waals surface area contributed by atoms with Crippen LogP contribution in [0.4, 0.5) is 0 Å². The van der Waals surface area contributed by atoms with Crippen molar-refractivity contribution in [3.63, 3.8) is 0 Å². The zero-order valence-corrected chi connectivity index (χ0v) is 13.4. The lowest BCUT2D eigenvalue weighted by Crippen LogP contribution is -2.42. The molecule has 5 heteroatoms. The van der Waals surface area contributed by atoms with E-state index >= 15 is 0 Å². The molecule has 1 atom stereocenters. The van der Waals surface area contributed by atoms with Gasteiger partial charge in [0.25, 0.3) is 0 Å². The van der Waals surface area contributed by atoms with Crippen molar-refractivity contribution in [2.75, 3.05) is 20.8 Å². The van der Waals surface area contributed by atoms with Gasteiger partial charge in [0.1, 0.15) is 11.5 Å². The Balaban J connectivity index is 2.26. The third-order valence-electron chi connectivity index (χ3n) is 3.55. The molecule has 0 aliphatic rings. The molecule has 1 aromatic carbocycles. The van der Waals surface area contributed by atoms with Gasteiger partial charge in [0, 0.05) is 23.1 Å². The monoisotopic (exact) mass is 307 g/mol. The molecule has 4 nitrogen and oxygen atoms in total. The summed E-state index contributed by atoms with van der Waals surface area (Å²) in [6.07, 6.45) is 0. The van der Waals surface area contributed by atoms with Crippen LogP contribution in [0.2, 0.25) is 0 Å². The van der Waals surface area contributed by atoms with Gasteiger partial charge in [-0.25, -0.2) is 0 Å². The number of rotatable bonds is 7. The van der Waals surface area contributed by atoms with Gasteiger partial charge in [0.2, 0.25) is 0 Å². The largest absolute Gasteiger partial charge is 0.497 e. The fraction of sp³-hybridized carbons (Fsp3) is 0.375. The number of thiophene rings is 1. The zero-order chi connectivity index (χ0) is 15.3. The summed E-state index contributed by atoms with van der Waals surface area (Å²) in [5.41, 5.74) is 0.326. The lowest BCUT2D eigenvalue weighted by Gasteiger charge is -2.31. The van der Waals surface area contributed by atoms with Gasteiger partial charge in [0.05, 0.1) is 26.4 Å². The second kappa shape index (κ2) is 6.93. The molecule has 2 N–H and O–H groups in total. The van der Waals surface area contributed by atoms with Crippen LogP contribution in [0, 0.1) is 0 Å². The Morgan fingerprint density at radius 2 is 2.05 bits per heavy atom. The van der Waals surface area contributed by atoms with Crippen molar-refractivity contribution in [3.05, 3.63) is 46.2 Å². The molecule has 0 amide bonds. The highest BCUT2D eigenvalue weighted by atomic mass is 32.1. The molecule has 0 radical (unpaired) electrons. The molecule has 2 aromatic rings. The van der Waals surface area contributed by atoms with Crippen LogP contribution in [0.15, 0.2) is 35.7 Å². The summed E-state index contributed by atoms with van der Waals surface area (Å²) >= 11 is 1.69. The van der Waals surface area contributed by atoms with E-state index in [1.807, 2.05) is 36.6 Å². The molecular formula is C16H21NO3S. The van der Waals surface area contributed by atoms with Gasteiger partial charge < -0.3 is 19.9 Å². The van der Waals surface area contributed by atoms with E-state index in [0.29, 0.717) is 12.3 Å². The fourth-order valence-corrected chi connectivity index (χ4v) is 2.83. The van der Waals surface area contributed by atoms with Gasteiger partial charge in [-0.3, -0.25) is 0 Å². The van der Waals surface area contributed by atoms with Crippen molar-refractivity contribution < 1.29 is 14.6 Å². The van der Waals surface area contributed by atoms with Crippen LogP contribution in [0.5, 0.6) is 11.5 Å². The minimum Gasteiger partial charge on any atom is -0.497 e. The molecule has 1 unspecified atom stereocenters. The van der Waals surface area contributed by atoms with Gasteiger partial charge in [0.15, 0.2) is 0 Å². The van der Waals surface area contributed by atoms with Crippen LogP contribution in [0.25, 0.3) is 0 Å². The second-order valence-electron chi connectivity index (χ2n) is 4.99. The number of aliphatic hydroxyl groups excluding tert-OH is 1. The molecule has 2 rings (SSSR count). The maximum Gasteiger partial charge on any atom is 0.127 e. The normalized spacial score (nSPS) is 13.7. The van der Waals surface area contributed by atoms with E-state index in [9.17, 15) is 5.11 Å². The summed E-state index contributed by atoms with van der Waals surface area (Å²) in [7, 11) is 3.24. The average Bonchev–Trinajstić information content (AvgIpc) is 3.05. The third kappa shape index (κ3) is 3.56. The Morgan fingerprint density at radius 3 is 2.62 bits per heavy atom. The predicted octanol–water partition coefficient (Wildman–Crippen LogP) is 2.76. The standard InChI is InChI=1S/C16H21NO3S/c1-16(11-18,17-10-13-5-4-8-21-13)14-7-6-12(19-2)9-15(14)20-3/h4-9,17-18H,10-11H2,1-3H3. The molecule has 114 valence electrons. The molecule has 1 aromatic heterocycles. The number of aliphatic hydroxyl groups is 1. The Hall–Kier alpha value is -1.56. The molecule has 0 aliphatic carbocycles. The van der Waals surface area contributed by atoms with Crippen LogP contribution in [0.1, 0.15) is 17.4 Å². The van der Waals surface area contributed by atoms with E-state index in [1.165, 1.54) is 4.88 Å². The molecule has 0 saturated heterocycles. The molecule has 0 bridgehead atoms. The minimum absolute atomic E-state index is 0.0267. The second-order valence-corrected chi connectivity index (χ2v) is 6.02. The van der Waals surface area contributed by atoms with Crippen molar-refractivity contribution in [3.8, 4) is 11.5 Å². The number of nitrogens with one attached hydrogen (secondary N) is 1. The highest BCUT2D eigenvalue weighted by Crippen LogP contribution is 2.33. The van der Waals surface area contributed by atoms with Gasteiger partial charge in [-0.2, -0.15) is 0 Å². The van der Waals surface area contributed by atoms with Crippen LogP contribution in [-0.2, 0) is 12.1 Å². The van der Waals surface area contributed by atoms with E-state index in [-0.39, 0.29) is 6.61 Å². The first kappa shape index (κ1) is 15.8. The molecule has 0 aliphatic heterocycles. The Kier molecular flexibility index (Phi) is 5.22.